The van der Waals surface area contributed by atoms with Crippen LogP contribution in [0.15, 0.2) is 36.7 Å². The third-order valence-corrected chi connectivity index (χ3v) is 8.76. The average Bonchev–Trinajstić information content (AvgIpc) is 3.47. The highest BCUT2D eigenvalue weighted by atomic mass is 16.2. The van der Waals surface area contributed by atoms with Crippen molar-refractivity contribution in [3.05, 3.63) is 59.2 Å². The van der Waals surface area contributed by atoms with Gasteiger partial charge in [0.1, 0.15) is 6.33 Å². The molecule has 3 unspecified atom stereocenters. The summed E-state index contributed by atoms with van der Waals surface area (Å²) in [5.74, 6) is 1.82. The van der Waals surface area contributed by atoms with Crippen molar-refractivity contribution in [2.24, 2.45) is 17.8 Å². The summed E-state index contributed by atoms with van der Waals surface area (Å²) in [6, 6.07) is 10.4. The first-order valence-corrected chi connectivity index (χ1v) is 14.1. The SMILES string of the molecule is Cc1ncnc(C)c1C(=O)N1CC2CN(CCC(NC(=O)CC3CCCCC3)c3ccccc3)CC2C1. The van der Waals surface area contributed by atoms with Crippen LogP contribution in [-0.4, -0.2) is 64.3 Å². The summed E-state index contributed by atoms with van der Waals surface area (Å²) in [7, 11) is 0. The Morgan fingerprint density at radius 1 is 0.946 bits per heavy atom. The van der Waals surface area contributed by atoms with Crippen LogP contribution in [0.25, 0.3) is 0 Å². The van der Waals surface area contributed by atoms with Crippen LogP contribution in [0.4, 0.5) is 0 Å². The molecule has 2 saturated heterocycles. The molecule has 3 fully saturated rings. The molecule has 0 spiro atoms. The van der Waals surface area contributed by atoms with Crippen LogP contribution in [0.1, 0.15) is 78.3 Å². The summed E-state index contributed by atoms with van der Waals surface area (Å²) < 4.78 is 0. The zero-order valence-electron chi connectivity index (χ0n) is 22.4. The fourth-order valence-corrected chi connectivity index (χ4v) is 6.73. The Morgan fingerprint density at radius 2 is 1.59 bits per heavy atom. The lowest BCUT2D eigenvalue weighted by atomic mass is 9.86. The standard InChI is InChI=1S/C30H41N5O2/c1-21-29(22(2)32-20-31-21)30(37)35-18-25-16-34(17-26(25)19-35)14-13-27(24-11-7-4-8-12-24)33-28(36)15-23-9-5-3-6-10-23/h4,7-8,11-12,20,23,25-27H,3,5-6,9-10,13-19H2,1-2H3,(H,33,36). The largest absolute Gasteiger partial charge is 0.349 e. The molecule has 0 bridgehead atoms. The van der Waals surface area contributed by atoms with E-state index in [-0.39, 0.29) is 17.9 Å². The quantitative estimate of drug-likeness (QED) is 0.581. The van der Waals surface area contributed by atoms with Crippen molar-refractivity contribution < 1.29 is 9.59 Å². The van der Waals surface area contributed by atoms with Gasteiger partial charge in [-0.05, 0) is 56.4 Å². The maximum absolute atomic E-state index is 13.2. The van der Waals surface area contributed by atoms with E-state index >= 15 is 0 Å². The van der Waals surface area contributed by atoms with Crippen LogP contribution in [-0.2, 0) is 4.79 Å². The molecule has 7 heteroatoms. The topological polar surface area (TPSA) is 78.4 Å². The van der Waals surface area contributed by atoms with Crippen molar-refractivity contribution in [2.45, 2.75) is 64.8 Å². The van der Waals surface area contributed by atoms with Crippen molar-refractivity contribution in [3.8, 4) is 0 Å². The molecular formula is C30H41N5O2. The van der Waals surface area contributed by atoms with Gasteiger partial charge in [0.05, 0.1) is 23.0 Å². The van der Waals surface area contributed by atoms with Gasteiger partial charge in [0, 0.05) is 39.1 Å². The van der Waals surface area contributed by atoms with E-state index in [1.165, 1.54) is 44.0 Å². The lowest BCUT2D eigenvalue weighted by Crippen LogP contribution is -2.36. The zero-order valence-corrected chi connectivity index (χ0v) is 22.4. The van der Waals surface area contributed by atoms with Gasteiger partial charge in [0.25, 0.3) is 5.91 Å². The highest BCUT2D eigenvalue weighted by Crippen LogP contribution is 2.33. The Labute approximate surface area is 221 Å². The van der Waals surface area contributed by atoms with Crippen molar-refractivity contribution in [1.82, 2.24) is 25.1 Å². The number of nitrogens with zero attached hydrogens (tertiary/aromatic N) is 4. The Morgan fingerprint density at radius 3 is 2.24 bits per heavy atom. The second-order valence-electron chi connectivity index (χ2n) is 11.4. The van der Waals surface area contributed by atoms with Crippen LogP contribution < -0.4 is 5.32 Å². The van der Waals surface area contributed by atoms with Crippen molar-refractivity contribution >= 4 is 11.8 Å². The maximum Gasteiger partial charge on any atom is 0.257 e. The predicted molar refractivity (Wildman–Crippen MR) is 144 cm³/mol. The minimum Gasteiger partial charge on any atom is -0.349 e. The zero-order chi connectivity index (χ0) is 25.8. The highest BCUT2D eigenvalue weighted by Gasteiger charge is 2.42. The third-order valence-electron chi connectivity index (χ3n) is 8.76. The Bertz CT molecular complexity index is 1050. The van der Waals surface area contributed by atoms with Crippen LogP contribution in [0.5, 0.6) is 0 Å². The second kappa shape index (κ2) is 11.7. The molecule has 2 aromatic rings. The van der Waals surface area contributed by atoms with Gasteiger partial charge in [-0.25, -0.2) is 9.97 Å². The summed E-state index contributed by atoms with van der Waals surface area (Å²) in [4.78, 5) is 39.2. The summed E-state index contributed by atoms with van der Waals surface area (Å²) in [6.07, 6.45) is 9.31. The smallest absolute Gasteiger partial charge is 0.257 e. The number of carbonyl (C=O) groups excluding carboxylic acids is 2. The van der Waals surface area contributed by atoms with Gasteiger partial charge in [0.2, 0.25) is 5.91 Å². The van der Waals surface area contributed by atoms with E-state index in [4.69, 9.17) is 0 Å². The van der Waals surface area contributed by atoms with E-state index < -0.39 is 0 Å². The molecule has 3 heterocycles. The first-order chi connectivity index (χ1) is 18.0. The number of carbonyl (C=O) groups is 2. The number of fused-ring (bicyclic) bond motifs is 1. The number of aromatic nitrogens is 2. The number of hydrogen-bond acceptors (Lipinski definition) is 5. The normalized spacial score (nSPS) is 23.1. The Balaban J connectivity index is 1.15. The molecule has 7 nitrogen and oxygen atoms in total. The number of hydrogen-bond donors (Lipinski definition) is 1. The van der Waals surface area contributed by atoms with Gasteiger partial charge >= 0.3 is 0 Å². The summed E-state index contributed by atoms with van der Waals surface area (Å²) in [5.41, 5.74) is 3.36. The van der Waals surface area contributed by atoms with Gasteiger partial charge in [0.15, 0.2) is 0 Å². The van der Waals surface area contributed by atoms with E-state index in [2.05, 4.69) is 44.5 Å². The molecule has 1 aromatic carbocycles. The van der Waals surface area contributed by atoms with Gasteiger partial charge in [-0.3, -0.25) is 9.59 Å². The first-order valence-electron chi connectivity index (χ1n) is 14.1. The molecule has 1 aromatic heterocycles. The molecule has 2 aliphatic heterocycles. The van der Waals surface area contributed by atoms with Gasteiger partial charge in [-0.15, -0.1) is 0 Å². The second-order valence-corrected chi connectivity index (χ2v) is 11.4. The minimum absolute atomic E-state index is 0.0415. The lowest BCUT2D eigenvalue weighted by Gasteiger charge is -2.26. The van der Waals surface area contributed by atoms with Crippen molar-refractivity contribution in [1.29, 1.82) is 0 Å². The minimum atomic E-state index is 0.0415. The van der Waals surface area contributed by atoms with Crippen LogP contribution >= 0.6 is 0 Å². The van der Waals surface area contributed by atoms with E-state index in [0.717, 1.165) is 50.5 Å². The Kier molecular flexibility index (Phi) is 8.18. The monoisotopic (exact) mass is 503 g/mol. The fourth-order valence-electron chi connectivity index (χ4n) is 6.73. The van der Waals surface area contributed by atoms with Crippen LogP contribution in [0.2, 0.25) is 0 Å². The van der Waals surface area contributed by atoms with Crippen molar-refractivity contribution in [3.63, 3.8) is 0 Å². The third kappa shape index (κ3) is 6.20. The molecule has 37 heavy (non-hydrogen) atoms. The molecule has 5 rings (SSSR count). The van der Waals surface area contributed by atoms with E-state index in [0.29, 0.717) is 29.7 Å². The number of benzene rings is 1. The van der Waals surface area contributed by atoms with E-state index in [9.17, 15) is 9.59 Å². The number of aryl methyl sites for hydroxylation is 2. The van der Waals surface area contributed by atoms with Gasteiger partial charge in [-0.1, -0.05) is 49.6 Å². The average molecular weight is 504 g/mol. The molecule has 3 atom stereocenters. The fraction of sp³-hybridized carbons (Fsp3) is 0.600. The number of nitrogens with one attached hydrogen (secondary N) is 1. The van der Waals surface area contributed by atoms with Crippen LogP contribution in [0, 0.1) is 31.6 Å². The van der Waals surface area contributed by atoms with Crippen LogP contribution in [0.3, 0.4) is 0 Å². The number of likely N-dealkylation sites (tertiary alicyclic amines) is 2. The Hall–Kier alpha value is -2.80. The first kappa shape index (κ1) is 25.8. The molecule has 1 saturated carbocycles. The molecule has 1 N–H and O–H groups in total. The summed E-state index contributed by atoms with van der Waals surface area (Å²) >= 11 is 0. The lowest BCUT2D eigenvalue weighted by molar-refractivity contribution is -0.123. The van der Waals surface area contributed by atoms with E-state index in [1.54, 1.807) is 0 Å². The maximum atomic E-state index is 13.2. The van der Waals surface area contributed by atoms with Crippen molar-refractivity contribution in [2.75, 3.05) is 32.7 Å². The molecule has 198 valence electrons. The highest BCUT2D eigenvalue weighted by molar-refractivity contribution is 5.96. The summed E-state index contributed by atoms with van der Waals surface area (Å²) in [6.45, 7) is 8.34. The number of amides is 2. The summed E-state index contributed by atoms with van der Waals surface area (Å²) in [5, 5.41) is 3.38. The number of rotatable bonds is 8. The van der Waals surface area contributed by atoms with Gasteiger partial charge in [-0.2, -0.15) is 0 Å². The molecular weight excluding hydrogens is 462 g/mol. The molecule has 0 radical (unpaired) electrons. The molecule has 2 amide bonds. The predicted octanol–water partition coefficient (Wildman–Crippen LogP) is 4.32. The van der Waals surface area contributed by atoms with E-state index in [1.807, 2.05) is 24.8 Å². The molecule has 3 aliphatic rings. The van der Waals surface area contributed by atoms with Gasteiger partial charge < -0.3 is 15.1 Å². The molecule has 1 aliphatic carbocycles.